The lowest BCUT2D eigenvalue weighted by molar-refractivity contribution is 0.158. The van der Waals surface area contributed by atoms with Crippen LogP contribution < -0.4 is 5.32 Å². The van der Waals surface area contributed by atoms with E-state index in [-0.39, 0.29) is 18.1 Å². The summed E-state index contributed by atoms with van der Waals surface area (Å²) in [6.07, 6.45) is 3.09. The molecule has 2 atom stereocenters. The van der Waals surface area contributed by atoms with Crippen LogP contribution in [0.2, 0.25) is 0 Å². The maximum atomic E-state index is 12.9. The summed E-state index contributed by atoms with van der Waals surface area (Å²) in [5.41, 5.74) is 3.74. The average Bonchev–Trinajstić information content (AvgIpc) is 3.05. The molecule has 0 unspecified atom stereocenters. The molecule has 4 nitrogen and oxygen atoms in total. The van der Waals surface area contributed by atoms with Crippen LogP contribution in [0.4, 0.5) is 4.79 Å². The third-order valence-electron chi connectivity index (χ3n) is 5.11. The van der Waals surface area contributed by atoms with Crippen molar-refractivity contribution in [2.24, 2.45) is 0 Å². The first kappa shape index (κ1) is 15.6. The lowest BCUT2D eigenvalue weighted by Crippen LogP contribution is -2.47. The fourth-order valence-electron chi connectivity index (χ4n) is 3.75. The van der Waals surface area contributed by atoms with Crippen molar-refractivity contribution in [3.63, 3.8) is 0 Å². The third-order valence-corrected chi connectivity index (χ3v) is 6.23. The van der Waals surface area contributed by atoms with Crippen molar-refractivity contribution in [2.75, 3.05) is 12.3 Å². The Morgan fingerprint density at radius 3 is 3.04 bits per heavy atom. The van der Waals surface area contributed by atoms with E-state index < -0.39 is 0 Å². The number of carbonyl (C=O) groups excluding carboxylic acids is 1. The van der Waals surface area contributed by atoms with Gasteiger partial charge < -0.3 is 14.8 Å². The van der Waals surface area contributed by atoms with Gasteiger partial charge in [0.2, 0.25) is 0 Å². The van der Waals surface area contributed by atoms with Gasteiger partial charge in [-0.25, -0.2) is 4.79 Å². The Morgan fingerprint density at radius 2 is 2.17 bits per heavy atom. The molecule has 0 aliphatic carbocycles. The zero-order valence-electron chi connectivity index (χ0n) is 14.2. The predicted molar refractivity (Wildman–Crippen MR) is 97.3 cm³/mol. The van der Waals surface area contributed by atoms with E-state index in [1.165, 1.54) is 21.7 Å². The summed E-state index contributed by atoms with van der Waals surface area (Å²) in [6, 6.07) is 11.0. The van der Waals surface area contributed by atoms with Crippen molar-refractivity contribution in [3.05, 3.63) is 53.3 Å². The number of benzene rings is 1. The molecule has 0 saturated heterocycles. The van der Waals surface area contributed by atoms with Crippen LogP contribution in [0.1, 0.15) is 42.2 Å². The first-order chi connectivity index (χ1) is 11.6. The lowest BCUT2D eigenvalue weighted by Gasteiger charge is -2.36. The molecular formula is C19H23N3OS. The van der Waals surface area contributed by atoms with Gasteiger partial charge in [0.1, 0.15) is 0 Å². The summed E-state index contributed by atoms with van der Waals surface area (Å²) in [6.45, 7) is 5.85. The highest BCUT2D eigenvalue weighted by Crippen LogP contribution is 2.37. The molecule has 0 saturated carbocycles. The quantitative estimate of drug-likeness (QED) is 0.847. The first-order valence-corrected chi connectivity index (χ1v) is 9.57. The van der Waals surface area contributed by atoms with E-state index in [9.17, 15) is 4.79 Å². The van der Waals surface area contributed by atoms with Gasteiger partial charge in [-0.15, -0.1) is 11.8 Å². The van der Waals surface area contributed by atoms with Crippen LogP contribution in [0.25, 0.3) is 0 Å². The second kappa shape index (κ2) is 6.20. The average molecular weight is 341 g/mol. The minimum atomic E-state index is 0.0549. The van der Waals surface area contributed by atoms with Gasteiger partial charge in [-0.1, -0.05) is 17.7 Å². The van der Waals surface area contributed by atoms with Gasteiger partial charge >= 0.3 is 6.03 Å². The molecule has 3 heterocycles. The van der Waals surface area contributed by atoms with E-state index >= 15 is 0 Å². The Morgan fingerprint density at radius 1 is 1.29 bits per heavy atom. The number of aryl methyl sites for hydroxylation is 1. The third kappa shape index (κ3) is 2.71. The molecule has 4 rings (SSSR count). The van der Waals surface area contributed by atoms with Crippen LogP contribution in [-0.4, -0.2) is 27.8 Å². The number of aromatic nitrogens is 1. The first-order valence-electron chi connectivity index (χ1n) is 8.59. The molecule has 24 heavy (non-hydrogen) atoms. The fraction of sp³-hybridized carbons (Fsp3) is 0.421. The van der Waals surface area contributed by atoms with E-state index in [4.69, 9.17) is 0 Å². The minimum absolute atomic E-state index is 0.0549. The minimum Gasteiger partial charge on any atom is -0.348 e. The number of thioether (sulfide) groups is 1. The summed E-state index contributed by atoms with van der Waals surface area (Å²) in [4.78, 5) is 16.2. The number of fused-ring (bicyclic) bond motifs is 2. The topological polar surface area (TPSA) is 37.3 Å². The van der Waals surface area contributed by atoms with Crippen molar-refractivity contribution in [3.8, 4) is 0 Å². The Labute approximate surface area is 147 Å². The molecule has 0 spiro atoms. The van der Waals surface area contributed by atoms with Gasteiger partial charge in [0, 0.05) is 35.6 Å². The van der Waals surface area contributed by atoms with Gasteiger partial charge in [0.25, 0.3) is 0 Å². The number of nitrogens with one attached hydrogen (secondary N) is 1. The molecule has 5 heteroatoms. The highest BCUT2D eigenvalue weighted by atomic mass is 32.2. The number of hydrogen-bond donors (Lipinski definition) is 1. The second-order valence-electron chi connectivity index (χ2n) is 6.68. The number of nitrogens with zero attached hydrogens (tertiary/aromatic N) is 2. The van der Waals surface area contributed by atoms with Gasteiger partial charge in [0.05, 0.1) is 12.1 Å². The zero-order valence-corrected chi connectivity index (χ0v) is 15.0. The standard InChI is InChI=1S/C19H23N3OS/c1-13-5-6-18-15(12-13)16(7-11-24-18)20-19(23)22-10-9-21-8-3-4-17(21)14(22)2/h3-6,8,12,14,16H,7,9-11H2,1-2H3,(H,20,23)/t14-,16+/m0/s1. The van der Waals surface area contributed by atoms with Gasteiger partial charge in [0.15, 0.2) is 0 Å². The van der Waals surface area contributed by atoms with E-state index in [0.29, 0.717) is 0 Å². The molecule has 0 radical (unpaired) electrons. The SMILES string of the molecule is Cc1ccc2c(c1)[C@H](NC(=O)N1CCn3cccc3[C@@H]1C)CCS2. The Hall–Kier alpha value is -1.88. The smallest absolute Gasteiger partial charge is 0.318 e. The molecule has 1 N–H and O–H groups in total. The monoisotopic (exact) mass is 341 g/mol. The molecule has 2 amide bonds. The van der Waals surface area contributed by atoms with Crippen LogP contribution in [-0.2, 0) is 6.54 Å². The van der Waals surface area contributed by atoms with Crippen LogP contribution in [0.3, 0.4) is 0 Å². The molecule has 1 aromatic carbocycles. The number of urea groups is 1. The highest BCUT2D eigenvalue weighted by Gasteiger charge is 2.30. The predicted octanol–water partition coefficient (Wildman–Crippen LogP) is 4.12. The summed E-state index contributed by atoms with van der Waals surface area (Å²) >= 11 is 1.89. The summed E-state index contributed by atoms with van der Waals surface area (Å²) in [5.74, 6) is 1.05. The maximum Gasteiger partial charge on any atom is 0.318 e. The summed E-state index contributed by atoms with van der Waals surface area (Å²) in [5, 5.41) is 3.29. The van der Waals surface area contributed by atoms with Gasteiger partial charge in [-0.3, -0.25) is 0 Å². The van der Waals surface area contributed by atoms with Crippen LogP contribution in [0.15, 0.2) is 41.4 Å². The molecule has 126 valence electrons. The summed E-state index contributed by atoms with van der Waals surface area (Å²) < 4.78 is 2.24. The Kier molecular flexibility index (Phi) is 4.04. The van der Waals surface area contributed by atoms with E-state index in [1.54, 1.807) is 0 Å². The van der Waals surface area contributed by atoms with Crippen molar-refractivity contribution in [2.45, 2.75) is 43.8 Å². The maximum absolute atomic E-state index is 12.9. The number of rotatable bonds is 1. The normalized spacial score (nSPS) is 22.7. The van der Waals surface area contributed by atoms with E-state index in [0.717, 1.165) is 25.3 Å². The van der Waals surface area contributed by atoms with Crippen LogP contribution in [0.5, 0.6) is 0 Å². The van der Waals surface area contributed by atoms with E-state index in [1.807, 2.05) is 16.7 Å². The molecule has 2 aliphatic heterocycles. The van der Waals surface area contributed by atoms with Crippen molar-refractivity contribution in [1.29, 1.82) is 0 Å². The highest BCUT2D eigenvalue weighted by molar-refractivity contribution is 7.99. The second-order valence-corrected chi connectivity index (χ2v) is 7.81. The fourth-order valence-corrected chi connectivity index (χ4v) is 4.86. The number of amides is 2. The number of hydrogen-bond acceptors (Lipinski definition) is 2. The van der Waals surface area contributed by atoms with Gasteiger partial charge in [-0.05, 0) is 44.0 Å². The van der Waals surface area contributed by atoms with E-state index in [2.05, 4.69) is 60.3 Å². The Bertz CT molecular complexity index is 770. The van der Waals surface area contributed by atoms with Crippen molar-refractivity contribution < 1.29 is 4.79 Å². The summed E-state index contributed by atoms with van der Waals surface area (Å²) in [7, 11) is 0. The van der Waals surface area contributed by atoms with Crippen LogP contribution >= 0.6 is 11.8 Å². The molecule has 2 aromatic rings. The molecule has 0 bridgehead atoms. The molecule has 0 fully saturated rings. The largest absolute Gasteiger partial charge is 0.348 e. The lowest BCUT2D eigenvalue weighted by atomic mass is 10.0. The number of carbonyl (C=O) groups is 1. The van der Waals surface area contributed by atoms with Crippen molar-refractivity contribution in [1.82, 2.24) is 14.8 Å². The van der Waals surface area contributed by atoms with Crippen molar-refractivity contribution >= 4 is 17.8 Å². The zero-order chi connectivity index (χ0) is 16.7. The molecule has 1 aromatic heterocycles. The van der Waals surface area contributed by atoms with Crippen LogP contribution in [0, 0.1) is 6.92 Å². The van der Waals surface area contributed by atoms with Gasteiger partial charge in [-0.2, -0.15) is 0 Å². The molecule has 2 aliphatic rings. The molecular weight excluding hydrogens is 318 g/mol. The Balaban J connectivity index is 1.53.